The number of amides is 1. The van der Waals surface area contributed by atoms with Crippen LogP contribution in [-0.2, 0) is 20.8 Å². The topological polar surface area (TPSA) is 89.8 Å². The number of carbonyl (C=O) groups excluding carboxylic acids is 2. The van der Waals surface area contributed by atoms with E-state index in [0.29, 0.717) is 24.2 Å². The predicted molar refractivity (Wildman–Crippen MR) is 189 cm³/mol. The molecular weight excluding hydrogens is 607 g/mol. The van der Waals surface area contributed by atoms with Crippen molar-refractivity contribution in [2.75, 3.05) is 5.32 Å². The van der Waals surface area contributed by atoms with Gasteiger partial charge in [-0.25, -0.2) is 4.39 Å². The quantitative estimate of drug-likeness (QED) is 0.132. The lowest BCUT2D eigenvalue weighted by atomic mass is 9.94. The van der Waals surface area contributed by atoms with Crippen molar-refractivity contribution in [3.05, 3.63) is 102 Å². The number of benzene rings is 3. The number of ether oxygens (including phenoxy) is 2. The molecule has 1 aromatic heterocycles. The maximum atomic E-state index is 14.3. The van der Waals surface area contributed by atoms with Gasteiger partial charge in [0, 0.05) is 29.9 Å². The number of aromatic nitrogens is 1. The Morgan fingerprint density at radius 1 is 0.875 bits per heavy atom. The molecule has 48 heavy (non-hydrogen) atoms. The summed E-state index contributed by atoms with van der Waals surface area (Å²) in [6, 6.07) is 25.3. The molecule has 1 heterocycles. The third kappa shape index (κ3) is 9.87. The summed E-state index contributed by atoms with van der Waals surface area (Å²) in [6.45, 7) is 13.7. The van der Waals surface area contributed by atoms with Crippen molar-refractivity contribution in [2.45, 2.75) is 104 Å². The van der Waals surface area contributed by atoms with Gasteiger partial charge in [-0.15, -0.1) is 0 Å². The minimum absolute atomic E-state index is 0.0239. The van der Waals surface area contributed by atoms with Gasteiger partial charge in [0.2, 0.25) is 0 Å². The zero-order chi connectivity index (χ0) is 35.0. The molecule has 8 heteroatoms. The summed E-state index contributed by atoms with van der Waals surface area (Å²) >= 11 is 0. The van der Waals surface area contributed by atoms with E-state index in [1.54, 1.807) is 12.1 Å². The van der Waals surface area contributed by atoms with Crippen molar-refractivity contribution < 1.29 is 28.6 Å². The summed E-state index contributed by atoms with van der Waals surface area (Å²) in [7, 11) is 0. The Morgan fingerprint density at radius 2 is 1.48 bits per heavy atom. The van der Waals surface area contributed by atoms with Gasteiger partial charge in [0.05, 0.1) is 36.0 Å². The number of esters is 1. The van der Waals surface area contributed by atoms with E-state index in [1.807, 2.05) is 109 Å². The number of hydrogen-bond donors (Lipinski definition) is 2. The summed E-state index contributed by atoms with van der Waals surface area (Å²) in [5.74, 6) is -1.08. The molecule has 1 amide bonds. The molecule has 256 valence electrons. The fourth-order valence-electron chi connectivity index (χ4n) is 6.05. The zero-order valence-electron chi connectivity index (χ0n) is 29.1. The third-order valence-corrected chi connectivity index (χ3v) is 7.79. The summed E-state index contributed by atoms with van der Waals surface area (Å²) in [4.78, 5) is 27.0. The van der Waals surface area contributed by atoms with Crippen LogP contribution >= 0.6 is 0 Å². The molecule has 4 aromatic rings. The minimum atomic E-state index is -0.818. The van der Waals surface area contributed by atoms with Crippen LogP contribution in [-0.4, -0.2) is 45.5 Å². The molecule has 0 spiro atoms. The molecule has 3 aromatic carbocycles. The summed E-state index contributed by atoms with van der Waals surface area (Å²) in [6.07, 6.45) is -0.923. The highest BCUT2D eigenvalue weighted by Crippen LogP contribution is 2.42. The first-order chi connectivity index (χ1) is 22.7. The number of aliphatic hydroxyl groups excluding tert-OH is 1. The monoisotopic (exact) mass is 656 g/mol. The van der Waals surface area contributed by atoms with Gasteiger partial charge in [-0.05, 0) is 94.5 Å². The molecule has 0 unspecified atom stereocenters. The molecule has 0 saturated heterocycles. The van der Waals surface area contributed by atoms with Crippen LogP contribution in [0.4, 0.5) is 10.1 Å². The highest BCUT2D eigenvalue weighted by atomic mass is 19.1. The van der Waals surface area contributed by atoms with Gasteiger partial charge >= 0.3 is 5.97 Å². The second-order valence-electron chi connectivity index (χ2n) is 13.8. The molecule has 2 atom stereocenters. The Labute approximate surface area is 284 Å². The lowest BCUT2D eigenvalue weighted by molar-refractivity contribution is -0.159. The Bertz CT molecular complexity index is 1640. The second kappa shape index (κ2) is 16.2. The molecule has 0 fully saturated rings. The number of nitrogens with one attached hydrogen (secondary N) is 1. The standard InChI is InChI=1S/C40H49FN2O5/c1-26(2)37-36(39(46)42-31-16-12-9-13-17-31)35(28-14-10-8-11-15-28)38(29-18-20-30(41)21-19-29)43(37)23-22-32(44)24-33(47-27(3)4)25-34(45)48-40(5,6)7/h8-21,26-27,32-33,44H,22-25H2,1-7H3,(H,42,46)/t32-,33-/m1/s1. The van der Waals surface area contributed by atoms with Gasteiger partial charge < -0.3 is 24.5 Å². The van der Waals surface area contributed by atoms with Gasteiger partial charge in [-0.2, -0.15) is 0 Å². The number of carbonyl (C=O) groups is 2. The highest BCUT2D eigenvalue weighted by Gasteiger charge is 2.31. The van der Waals surface area contributed by atoms with Crippen molar-refractivity contribution in [3.8, 4) is 22.4 Å². The molecule has 0 bridgehead atoms. The van der Waals surface area contributed by atoms with Gasteiger partial charge in [-0.3, -0.25) is 9.59 Å². The molecule has 7 nitrogen and oxygen atoms in total. The minimum Gasteiger partial charge on any atom is -0.460 e. The summed E-state index contributed by atoms with van der Waals surface area (Å²) in [5, 5.41) is 14.5. The predicted octanol–water partition coefficient (Wildman–Crippen LogP) is 9.00. The average Bonchev–Trinajstić information content (AvgIpc) is 3.35. The maximum absolute atomic E-state index is 14.3. The summed E-state index contributed by atoms with van der Waals surface area (Å²) < 4.78 is 27.9. The van der Waals surface area contributed by atoms with Crippen molar-refractivity contribution in [1.82, 2.24) is 4.57 Å². The Morgan fingerprint density at radius 3 is 2.04 bits per heavy atom. The SMILES string of the molecule is CC(C)O[C@@H](CC(=O)OC(C)(C)C)C[C@H](O)CCn1c(-c2ccc(F)cc2)c(-c2ccccc2)c(C(=O)Nc2ccccc2)c1C(C)C. The van der Waals surface area contributed by atoms with E-state index >= 15 is 0 Å². The van der Waals surface area contributed by atoms with Crippen LogP contribution in [0, 0.1) is 5.82 Å². The third-order valence-electron chi connectivity index (χ3n) is 7.79. The van der Waals surface area contributed by atoms with Crippen molar-refractivity contribution >= 4 is 17.6 Å². The van der Waals surface area contributed by atoms with Gasteiger partial charge in [0.15, 0.2) is 0 Å². The van der Waals surface area contributed by atoms with Crippen molar-refractivity contribution in [3.63, 3.8) is 0 Å². The number of para-hydroxylation sites is 1. The average molecular weight is 657 g/mol. The molecular formula is C40H49FN2O5. The first-order valence-corrected chi connectivity index (χ1v) is 16.7. The van der Waals surface area contributed by atoms with Crippen LogP contribution in [0.25, 0.3) is 22.4 Å². The van der Waals surface area contributed by atoms with Gasteiger partial charge in [0.25, 0.3) is 5.91 Å². The fraction of sp³-hybridized carbons (Fsp3) is 0.400. The number of nitrogens with zero attached hydrogens (tertiary/aromatic N) is 1. The molecule has 0 aliphatic rings. The van der Waals surface area contributed by atoms with Gasteiger partial charge in [0.1, 0.15) is 11.4 Å². The van der Waals surface area contributed by atoms with Gasteiger partial charge in [-0.1, -0.05) is 62.4 Å². The van der Waals surface area contributed by atoms with E-state index in [9.17, 15) is 19.1 Å². The Kier molecular flexibility index (Phi) is 12.4. The van der Waals surface area contributed by atoms with Crippen LogP contribution in [0.5, 0.6) is 0 Å². The zero-order valence-corrected chi connectivity index (χ0v) is 29.1. The first kappa shape index (κ1) is 36.6. The fourth-order valence-corrected chi connectivity index (χ4v) is 6.05. The van der Waals surface area contributed by atoms with Crippen molar-refractivity contribution in [2.24, 2.45) is 0 Å². The highest BCUT2D eigenvalue weighted by molar-refractivity contribution is 6.12. The first-order valence-electron chi connectivity index (χ1n) is 16.7. The molecule has 0 radical (unpaired) electrons. The van der Waals surface area contributed by atoms with E-state index in [0.717, 1.165) is 28.1 Å². The normalized spacial score (nSPS) is 13.1. The number of halogens is 1. The molecule has 0 aliphatic carbocycles. The lowest BCUT2D eigenvalue weighted by Gasteiger charge is -2.25. The van der Waals surface area contributed by atoms with Crippen molar-refractivity contribution in [1.29, 1.82) is 0 Å². The smallest absolute Gasteiger partial charge is 0.308 e. The van der Waals surface area contributed by atoms with E-state index in [-0.39, 0.29) is 42.6 Å². The van der Waals surface area contributed by atoms with Crippen LogP contribution in [0.1, 0.15) is 89.7 Å². The van der Waals surface area contributed by atoms with Crippen LogP contribution in [0.3, 0.4) is 0 Å². The lowest BCUT2D eigenvalue weighted by Crippen LogP contribution is -2.31. The maximum Gasteiger partial charge on any atom is 0.308 e. The number of rotatable bonds is 14. The van der Waals surface area contributed by atoms with E-state index < -0.39 is 17.8 Å². The largest absolute Gasteiger partial charge is 0.460 e. The van der Waals surface area contributed by atoms with E-state index in [4.69, 9.17) is 9.47 Å². The molecule has 2 N–H and O–H groups in total. The number of anilines is 1. The van der Waals surface area contributed by atoms with Crippen LogP contribution < -0.4 is 5.32 Å². The number of aliphatic hydroxyl groups is 1. The van der Waals surface area contributed by atoms with Crippen LogP contribution in [0.15, 0.2) is 84.9 Å². The Balaban J connectivity index is 1.79. The summed E-state index contributed by atoms with van der Waals surface area (Å²) in [5.41, 5.74) is 4.47. The van der Waals surface area contributed by atoms with Crippen LogP contribution in [0.2, 0.25) is 0 Å². The van der Waals surface area contributed by atoms with E-state index in [1.165, 1.54) is 12.1 Å². The molecule has 4 rings (SSSR count). The second-order valence-corrected chi connectivity index (χ2v) is 13.8. The molecule has 0 saturated carbocycles. The molecule has 0 aliphatic heterocycles. The van der Waals surface area contributed by atoms with E-state index in [2.05, 4.69) is 9.88 Å². The Hall–Kier alpha value is -4.27. The number of hydrogen-bond acceptors (Lipinski definition) is 5.